The third-order valence-electron chi connectivity index (χ3n) is 5.15. The van der Waals surface area contributed by atoms with Crippen molar-refractivity contribution in [1.82, 2.24) is 20.0 Å². The van der Waals surface area contributed by atoms with Crippen molar-refractivity contribution in [3.8, 4) is 0 Å². The molecule has 5 amide bonds. The summed E-state index contributed by atoms with van der Waals surface area (Å²) >= 11 is 6.10. The number of nitrogens with one attached hydrogen (secondary N) is 1. The lowest BCUT2D eigenvalue weighted by atomic mass is 9.95. The molecule has 0 unspecified atom stereocenters. The fourth-order valence-corrected chi connectivity index (χ4v) is 3.62. The van der Waals surface area contributed by atoms with Gasteiger partial charge in [0.2, 0.25) is 11.8 Å². The molecule has 3 rings (SSSR count). The number of likely N-dealkylation sites (N-methyl/N-ethyl adjacent to an activating group) is 1. The molecule has 2 aliphatic rings. The van der Waals surface area contributed by atoms with E-state index in [1.54, 1.807) is 11.0 Å². The van der Waals surface area contributed by atoms with Crippen molar-refractivity contribution in [2.45, 2.75) is 19.4 Å². The molecule has 0 atom stereocenters. The number of halogens is 1. The van der Waals surface area contributed by atoms with Crippen LogP contribution in [0, 0.1) is 5.92 Å². The van der Waals surface area contributed by atoms with Gasteiger partial charge < -0.3 is 15.1 Å². The van der Waals surface area contributed by atoms with Gasteiger partial charge in [-0.15, -0.1) is 0 Å². The number of rotatable bonds is 5. The predicted molar refractivity (Wildman–Crippen MR) is 102 cm³/mol. The second kappa shape index (κ2) is 8.60. The molecule has 0 saturated carbocycles. The molecule has 1 aromatic rings. The number of carbonyl (C=O) groups excluding carboxylic acids is 4. The summed E-state index contributed by atoms with van der Waals surface area (Å²) in [5.74, 6) is -0.868. The predicted octanol–water partition coefficient (Wildman–Crippen LogP) is 1.09. The van der Waals surface area contributed by atoms with E-state index in [1.807, 2.05) is 18.2 Å². The molecule has 2 heterocycles. The molecule has 28 heavy (non-hydrogen) atoms. The third kappa shape index (κ3) is 4.44. The second-order valence-electron chi connectivity index (χ2n) is 7.08. The van der Waals surface area contributed by atoms with Gasteiger partial charge in [0.15, 0.2) is 0 Å². The molecule has 0 aliphatic carbocycles. The molecule has 9 heteroatoms. The van der Waals surface area contributed by atoms with E-state index >= 15 is 0 Å². The summed E-state index contributed by atoms with van der Waals surface area (Å²) in [6.07, 6.45) is 1.09. The molecule has 0 radical (unpaired) electrons. The third-order valence-corrected chi connectivity index (χ3v) is 5.52. The Kier molecular flexibility index (Phi) is 6.18. The van der Waals surface area contributed by atoms with Crippen LogP contribution in [0.5, 0.6) is 0 Å². The molecular formula is C19H23ClN4O4. The van der Waals surface area contributed by atoms with Crippen LogP contribution in [-0.2, 0) is 20.9 Å². The molecule has 2 fully saturated rings. The van der Waals surface area contributed by atoms with Crippen LogP contribution in [0.25, 0.3) is 0 Å². The minimum absolute atomic E-state index is 0.000209. The first-order chi connectivity index (χ1) is 13.4. The summed E-state index contributed by atoms with van der Waals surface area (Å²) in [6.45, 7) is 0.972. The van der Waals surface area contributed by atoms with Gasteiger partial charge in [-0.25, -0.2) is 4.79 Å². The number of nitrogens with zero attached hydrogens (tertiary/aromatic N) is 3. The average molecular weight is 407 g/mol. The van der Waals surface area contributed by atoms with E-state index in [0.717, 1.165) is 10.5 Å². The maximum absolute atomic E-state index is 12.4. The molecular weight excluding hydrogens is 384 g/mol. The minimum atomic E-state index is -0.452. The number of hydrogen-bond donors (Lipinski definition) is 1. The largest absolute Gasteiger partial charge is 0.352 e. The van der Waals surface area contributed by atoms with Crippen molar-refractivity contribution in [3.05, 3.63) is 34.9 Å². The molecule has 1 aromatic carbocycles. The molecule has 150 valence electrons. The van der Waals surface area contributed by atoms with E-state index in [-0.39, 0.29) is 36.7 Å². The van der Waals surface area contributed by atoms with Crippen molar-refractivity contribution in [2.24, 2.45) is 5.92 Å². The standard InChI is InChI=1S/C19H23ClN4O4/c1-22-11-17(26)24(19(22)28)12-16(25)23-8-6-13(7-9-23)18(27)21-10-14-4-2-3-5-15(14)20/h2-5,13H,6-12H2,1H3,(H,21,27). The Bertz CT molecular complexity index is 792. The lowest BCUT2D eigenvalue weighted by molar-refractivity contribution is -0.138. The molecule has 0 bridgehead atoms. The summed E-state index contributed by atoms with van der Waals surface area (Å²) in [7, 11) is 1.53. The number of benzene rings is 1. The summed E-state index contributed by atoms with van der Waals surface area (Å²) < 4.78 is 0. The van der Waals surface area contributed by atoms with Crippen molar-refractivity contribution in [1.29, 1.82) is 0 Å². The van der Waals surface area contributed by atoms with E-state index in [1.165, 1.54) is 11.9 Å². The second-order valence-corrected chi connectivity index (χ2v) is 7.49. The lowest BCUT2D eigenvalue weighted by Crippen LogP contribution is -2.47. The smallest absolute Gasteiger partial charge is 0.327 e. The topological polar surface area (TPSA) is 90.0 Å². The number of likely N-dealkylation sites (tertiary alicyclic amines) is 1. The summed E-state index contributed by atoms with van der Waals surface area (Å²) in [5.41, 5.74) is 0.857. The Hall–Kier alpha value is -2.61. The SMILES string of the molecule is CN1CC(=O)N(CC(=O)N2CCC(C(=O)NCc3ccccc3Cl)CC2)C1=O. The molecule has 0 aromatic heterocycles. The first-order valence-electron chi connectivity index (χ1n) is 9.21. The van der Waals surface area contributed by atoms with Crippen molar-refractivity contribution in [2.75, 3.05) is 33.2 Å². The van der Waals surface area contributed by atoms with Crippen LogP contribution < -0.4 is 5.32 Å². The zero-order chi connectivity index (χ0) is 20.3. The maximum Gasteiger partial charge on any atom is 0.327 e. The molecule has 2 saturated heterocycles. The molecule has 8 nitrogen and oxygen atoms in total. The van der Waals surface area contributed by atoms with Crippen LogP contribution >= 0.6 is 11.6 Å². The normalized spacial score (nSPS) is 18.0. The Balaban J connectivity index is 1.45. The molecule has 1 N–H and O–H groups in total. The Labute approximate surface area is 168 Å². The first-order valence-corrected chi connectivity index (χ1v) is 9.59. The highest BCUT2D eigenvalue weighted by atomic mass is 35.5. The summed E-state index contributed by atoms with van der Waals surface area (Å²) in [5, 5.41) is 3.51. The highest BCUT2D eigenvalue weighted by molar-refractivity contribution is 6.31. The van der Waals surface area contributed by atoms with Crippen molar-refractivity contribution < 1.29 is 19.2 Å². The van der Waals surface area contributed by atoms with E-state index in [9.17, 15) is 19.2 Å². The lowest BCUT2D eigenvalue weighted by Gasteiger charge is -2.32. The zero-order valence-electron chi connectivity index (χ0n) is 15.7. The Morgan fingerprint density at radius 3 is 2.46 bits per heavy atom. The van der Waals surface area contributed by atoms with E-state index in [4.69, 9.17) is 11.6 Å². The van der Waals surface area contributed by atoms with Crippen LogP contribution in [0.3, 0.4) is 0 Å². The van der Waals surface area contributed by atoms with E-state index < -0.39 is 6.03 Å². The highest BCUT2D eigenvalue weighted by Crippen LogP contribution is 2.19. The number of piperidine rings is 1. The van der Waals surface area contributed by atoms with Gasteiger partial charge in [-0.05, 0) is 24.5 Å². The number of urea groups is 1. The van der Waals surface area contributed by atoms with Crippen LogP contribution in [0.15, 0.2) is 24.3 Å². The average Bonchev–Trinajstić information content (AvgIpc) is 2.93. The van der Waals surface area contributed by atoms with Gasteiger partial charge in [-0.1, -0.05) is 29.8 Å². The van der Waals surface area contributed by atoms with Crippen LogP contribution in [-0.4, -0.2) is 71.7 Å². The van der Waals surface area contributed by atoms with Crippen molar-refractivity contribution in [3.63, 3.8) is 0 Å². The van der Waals surface area contributed by atoms with Gasteiger partial charge in [0, 0.05) is 37.6 Å². The van der Waals surface area contributed by atoms with Crippen molar-refractivity contribution >= 4 is 35.4 Å². The number of carbonyl (C=O) groups is 4. The van der Waals surface area contributed by atoms with E-state index in [2.05, 4.69) is 5.32 Å². The minimum Gasteiger partial charge on any atom is -0.352 e. The fourth-order valence-electron chi connectivity index (χ4n) is 3.42. The van der Waals surface area contributed by atoms with Crippen LogP contribution in [0.1, 0.15) is 18.4 Å². The van der Waals surface area contributed by atoms with E-state index in [0.29, 0.717) is 37.5 Å². The monoisotopic (exact) mass is 406 g/mol. The van der Waals surface area contributed by atoms with Gasteiger partial charge in [-0.3, -0.25) is 19.3 Å². The number of imide groups is 1. The number of amides is 5. The summed E-state index contributed by atoms with van der Waals surface area (Å²) in [4.78, 5) is 52.4. The molecule has 2 aliphatic heterocycles. The Morgan fingerprint density at radius 1 is 1.18 bits per heavy atom. The van der Waals surface area contributed by atoms with Gasteiger partial charge in [0.25, 0.3) is 5.91 Å². The first kappa shape index (κ1) is 20.1. The quantitative estimate of drug-likeness (QED) is 0.741. The Morgan fingerprint density at radius 2 is 1.86 bits per heavy atom. The summed E-state index contributed by atoms with van der Waals surface area (Å²) in [6, 6.07) is 6.89. The van der Waals surface area contributed by atoms with Crippen LogP contribution in [0.4, 0.5) is 4.79 Å². The van der Waals surface area contributed by atoms with Gasteiger partial charge in [-0.2, -0.15) is 0 Å². The van der Waals surface area contributed by atoms with Gasteiger partial charge in [0.05, 0.1) is 0 Å². The zero-order valence-corrected chi connectivity index (χ0v) is 16.4. The molecule has 0 spiro atoms. The van der Waals surface area contributed by atoms with Gasteiger partial charge in [0.1, 0.15) is 13.1 Å². The maximum atomic E-state index is 12.4. The fraction of sp³-hybridized carbons (Fsp3) is 0.474. The van der Waals surface area contributed by atoms with Crippen LogP contribution in [0.2, 0.25) is 5.02 Å². The number of hydrogen-bond acceptors (Lipinski definition) is 4. The van der Waals surface area contributed by atoms with Gasteiger partial charge >= 0.3 is 6.03 Å². The highest BCUT2D eigenvalue weighted by Gasteiger charge is 2.36.